The summed E-state index contributed by atoms with van der Waals surface area (Å²) in [6.07, 6.45) is 7.60. The first-order chi connectivity index (χ1) is 9.31. The third kappa shape index (κ3) is 1.90. The van der Waals surface area contributed by atoms with Gasteiger partial charge in [-0.3, -0.25) is 4.99 Å². The lowest BCUT2D eigenvalue weighted by Gasteiger charge is -2.12. The van der Waals surface area contributed by atoms with E-state index in [2.05, 4.69) is 4.99 Å². The van der Waals surface area contributed by atoms with E-state index in [1.54, 1.807) is 18.3 Å². The van der Waals surface area contributed by atoms with E-state index in [0.717, 1.165) is 24.2 Å². The lowest BCUT2D eigenvalue weighted by molar-refractivity contribution is 0.439. The molecule has 4 nitrogen and oxygen atoms in total. The average molecular weight is 247 g/mol. The van der Waals surface area contributed by atoms with Gasteiger partial charge in [0.15, 0.2) is 5.75 Å². The van der Waals surface area contributed by atoms with E-state index in [9.17, 15) is 0 Å². The highest BCUT2D eigenvalue weighted by molar-refractivity contribution is 5.85. The Balaban J connectivity index is 2.14. The first kappa shape index (κ1) is 11.3. The minimum atomic E-state index is 0.306. The Morgan fingerprint density at radius 1 is 1.16 bits per heavy atom. The zero-order chi connectivity index (χ0) is 13.2. The molecular weight excluding hydrogens is 238 g/mol. The maximum Gasteiger partial charge on any atom is 0.154 e. The van der Waals surface area contributed by atoms with Gasteiger partial charge in [0.25, 0.3) is 0 Å². The fourth-order valence-corrected chi connectivity index (χ4v) is 2.09. The number of allylic oxidation sites excluding steroid dienone is 3. The van der Waals surface area contributed by atoms with Gasteiger partial charge in [-0.1, -0.05) is 6.08 Å². The number of hydrogen-bond acceptors (Lipinski definition) is 4. The maximum atomic E-state index is 9.03. The van der Waals surface area contributed by atoms with E-state index in [1.165, 1.54) is 0 Å². The molecule has 1 heterocycles. The fraction of sp³-hybridized carbons (Fsp3) is 0.133. The van der Waals surface area contributed by atoms with Crippen molar-refractivity contribution in [2.75, 3.05) is 0 Å². The molecule has 0 aromatic heterocycles. The molecule has 0 unspecified atom stereocenters. The van der Waals surface area contributed by atoms with E-state index in [0.29, 0.717) is 22.6 Å². The lowest BCUT2D eigenvalue weighted by atomic mass is 10.0. The SMILES string of the molecule is N#Cc1cc2c(cc1C#N)OC1=C(C=N2)CCC=C1. The van der Waals surface area contributed by atoms with E-state index in [1.807, 2.05) is 24.3 Å². The van der Waals surface area contributed by atoms with Crippen molar-refractivity contribution in [2.24, 2.45) is 4.99 Å². The standard InChI is InChI=1S/C15H9N3O/c16-7-11-5-13-15(6-12(11)8-17)19-14-4-2-1-3-10(14)9-18-13/h2,4-6,9H,1,3H2. The summed E-state index contributed by atoms with van der Waals surface area (Å²) >= 11 is 0. The van der Waals surface area contributed by atoms with Crippen molar-refractivity contribution in [1.82, 2.24) is 0 Å². The van der Waals surface area contributed by atoms with Crippen LogP contribution in [0.15, 0.2) is 40.6 Å². The van der Waals surface area contributed by atoms with Gasteiger partial charge in [0.1, 0.15) is 23.6 Å². The van der Waals surface area contributed by atoms with Crippen molar-refractivity contribution < 1.29 is 4.74 Å². The summed E-state index contributed by atoms with van der Waals surface area (Å²) in [6, 6.07) is 7.16. The van der Waals surface area contributed by atoms with Gasteiger partial charge in [-0.15, -0.1) is 0 Å². The maximum absolute atomic E-state index is 9.03. The van der Waals surface area contributed by atoms with Crippen LogP contribution in [0.1, 0.15) is 24.0 Å². The third-order valence-corrected chi connectivity index (χ3v) is 3.09. The Morgan fingerprint density at radius 2 is 1.95 bits per heavy atom. The van der Waals surface area contributed by atoms with Crippen LogP contribution in [0.2, 0.25) is 0 Å². The second-order valence-electron chi connectivity index (χ2n) is 4.28. The number of hydrogen-bond donors (Lipinski definition) is 0. The molecule has 2 aliphatic rings. The van der Waals surface area contributed by atoms with Crippen molar-refractivity contribution >= 4 is 11.9 Å². The zero-order valence-corrected chi connectivity index (χ0v) is 10.1. The van der Waals surface area contributed by atoms with Gasteiger partial charge in [-0.05, 0) is 25.0 Å². The molecule has 1 aromatic carbocycles. The summed E-state index contributed by atoms with van der Waals surface area (Å²) in [6.45, 7) is 0. The second-order valence-corrected chi connectivity index (χ2v) is 4.28. The predicted octanol–water partition coefficient (Wildman–Crippen LogP) is 3.13. The highest BCUT2D eigenvalue weighted by Crippen LogP contribution is 2.36. The summed E-state index contributed by atoms with van der Waals surface area (Å²) in [7, 11) is 0. The van der Waals surface area contributed by atoms with Crippen molar-refractivity contribution in [3.63, 3.8) is 0 Å². The minimum Gasteiger partial charge on any atom is -0.455 e. The quantitative estimate of drug-likeness (QED) is 0.707. The Labute approximate surface area is 110 Å². The van der Waals surface area contributed by atoms with Crippen molar-refractivity contribution in [3.05, 3.63) is 46.7 Å². The largest absolute Gasteiger partial charge is 0.455 e. The van der Waals surface area contributed by atoms with Crippen LogP contribution in [0.3, 0.4) is 0 Å². The topological polar surface area (TPSA) is 69.2 Å². The summed E-state index contributed by atoms with van der Waals surface area (Å²) in [5.74, 6) is 1.28. The second kappa shape index (κ2) is 4.44. The Hall–Kier alpha value is -2.85. The Bertz CT molecular complexity index is 727. The third-order valence-electron chi connectivity index (χ3n) is 3.09. The van der Waals surface area contributed by atoms with Crippen LogP contribution >= 0.6 is 0 Å². The monoisotopic (exact) mass is 247 g/mol. The van der Waals surface area contributed by atoms with Gasteiger partial charge >= 0.3 is 0 Å². The molecule has 4 heteroatoms. The number of rotatable bonds is 0. The summed E-state index contributed by atoms with van der Waals surface area (Å²) < 4.78 is 5.81. The molecule has 1 aliphatic heterocycles. The molecule has 0 saturated carbocycles. The summed E-state index contributed by atoms with van der Waals surface area (Å²) in [5.41, 5.74) is 2.24. The molecular formula is C15H9N3O. The molecule has 1 aromatic rings. The molecule has 0 spiro atoms. The van der Waals surface area contributed by atoms with Crippen molar-refractivity contribution in [1.29, 1.82) is 10.5 Å². The molecule has 3 rings (SSSR count). The molecule has 19 heavy (non-hydrogen) atoms. The van der Waals surface area contributed by atoms with Crippen LogP contribution < -0.4 is 4.74 Å². The molecule has 0 N–H and O–H groups in total. The van der Waals surface area contributed by atoms with E-state index in [4.69, 9.17) is 15.3 Å². The first-order valence-corrected chi connectivity index (χ1v) is 5.91. The molecule has 0 radical (unpaired) electrons. The number of nitrogens with zero attached hydrogens (tertiary/aromatic N) is 3. The van der Waals surface area contributed by atoms with Gasteiger partial charge in [-0.2, -0.15) is 10.5 Å². The number of ether oxygens (including phenoxy) is 1. The smallest absolute Gasteiger partial charge is 0.154 e. The average Bonchev–Trinajstić information content (AvgIpc) is 2.64. The molecule has 90 valence electrons. The predicted molar refractivity (Wildman–Crippen MR) is 70.1 cm³/mol. The van der Waals surface area contributed by atoms with Gasteiger partial charge < -0.3 is 4.74 Å². The number of benzene rings is 1. The van der Waals surface area contributed by atoms with E-state index in [-0.39, 0.29) is 0 Å². The van der Waals surface area contributed by atoms with Gasteiger partial charge in [0.2, 0.25) is 0 Å². The van der Waals surface area contributed by atoms with Gasteiger partial charge in [0.05, 0.1) is 11.1 Å². The van der Waals surface area contributed by atoms with Crippen LogP contribution in [0.25, 0.3) is 0 Å². The van der Waals surface area contributed by atoms with Crippen molar-refractivity contribution in [3.8, 4) is 17.9 Å². The Kier molecular flexibility index (Phi) is 2.63. The number of aliphatic imine (C=N–C) groups is 1. The normalized spacial score (nSPS) is 15.7. The molecule has 0 bridgehead atoms. The van der Waals surface area contributed by atoms with Gasteiger partial charge in [0, 0.05) is 17.9 Å². The number of nitriles is 2. The molecule has 0 atom stereocenters. The zero-order valence-electron chi connectivity index (χ0n) is 10.1. The van der Waals surface area contributed by atoms with E-state index < -0.39 is 0 Å². The fourth-order valence-electron chi connectivity index (χ4n) is 2.09. The lowest BCUT2D eigenvalue weighted by Crippen LogP contribution is -2.01. The van der Waals surface area contributed by atoms with Crippen molar-refractivity contribution in [2.45, 2.75) is 12.8 Å². The molecule has 1 aliphatic carbocycles. The van der Waals surface area contributed by atoms with Crippen LogP contribution in [0, 0.1) is 22.7 Å². The van der Waals surface area contributed by atoms with Crippen LogP contribution in [0.4, 0.5) is 5.69 Å². The van der Waals surface area contributed by atoms with Gasteiger partial charge in [-0.25, -0.2) is 0 Å². The first-order valence-electron chi connectivity index (χ1n) is 5.91. The Morgan fingerprint density at radius 3 is 2.74 bits per heavy atom. The minimum absolute atomic E-state index is 0.306. The number of fused-ring (bicyclic) bond motifs is 1. The molecule has 0 fully saturated rings. The summed E-state index contributed by atoms with van der Waals surface area (Å²) in [4.78, 5) is 4.35. The van der Waals surface area contributed by atoms with E-state index >= 15 is 0 Å². The molecule has 0 amide bonds. The van der Waals surface area contributed by atoms with Crippen LogP contribution in [-0.4, -0.2) is 6.21 Å². The van der Waals surface area contributed by atoms with Crippen LogP contribution in [0.5, 0.6) is 5.75 Å². The molecule has 0 saturated heterocycles. The highest BCUT2D eigenvalue weighted by Gasteiger charge is 2.17. The highest BCUT2D eigenvalue weighted by atomic mass is 16.5. The van der Waals surface area contributed by atoms with Crippen LogP contribution in [-0.2, 0) is 0 Å². The summed E-state index contributed by atoms with van der Waals surface area (Å²) in [5, 5.41) is 18.0.